The van der Waals surface area contributed by atoms with E-state index in [1.54, 1.807) is 61.7 Å². The normalized spacial score (nSPS) is 15.0. The number of hydrogen-bond acceptors (Lipinski definition) is 5. The standard InChI is InChI=1S/C18H12N2O3/c1-22-15-4-2-3-14(10-15)17-20-16(18(21)23-17)9-12-5-7-13(11-19)8-6-12/h2-10H,1H3/b16-9+. The summed E-state index contributed by atoms with van der Waals surface area (Å²) in [6.45, 7) is 0. The molecule has 0 fully saturated rings. The smallest absolute Gasteiger partial charge is 0.363 e. The Hall–Kier alpha value is -3.39. The van der Waals surface area contributed by atoms with Crippen molar-refractivity contribution >= 4 is 17.9 Å². The Labute approximate surface area is 133 Å². The first-order valence-electron chi connectivity index (χ1n) is 6.87. The second kappa shape index (κ2) is 6.16. The van der Waals surface area contributed by atoms with Crippen LogP contribution < -0.4 is 4.74 Å². The topological polar surface area (TPSA) is 71.7 Å². The lowest BCUT2D eigenvalue weighted by atomic mass is 10.1. The maximum atomic E-state index is 12.0. The van der Waals surface area contributed by atoms with Crippen molar-refractivity contribution in [3.8, 4) is 11.8 Å². The molecule has 0 saturated heterocycles. The molecule has 0 aromatic heterocycles. The van der Waals surface area contributed by atoms with Gasteiger partial charge >= 0.3 is 5.97 Å². The quantitative estimate of drug-likeness (QED) is 0.645. The van der Waals surface area contributed by atoms with Crippen LogP contribution in [0.1, 0.15) is 16.7 Å². The molecule has 5 nitrogen and oxygen atoms in total. The molecule has 1 heterocycles. The molecule has 112 valence electrons. The third-order valence-electron chi connectivity index (χ3n) is 3.28. The van der Waals surface area contributed by atoms with E-state index < -0.39 is 5.97 Å². The first-order valence-corrected chi connectivity index (χ1v) is 6.87. The van der Waals surface area contributed by atoms with E-state index >= 15 is 0 Å². The zero-order valence-corrected chi connectivity index (χ0v) is 12.3. The van der Waals surface area contributed by atoms with Gasteiger partial charge in [0.1, 0.15) is 5.75 Å². The molecule has 0 amide bonds. The summed E-state index contributed by atoms with van der Waals surface area (Å²) in [5, 5.41) is 8.79. The third-order valence-corrected chi connectivity index (χ3v) is 3.28. The Balaban J connectivity index is 1.91. The van der Waals surface area contributed by atoms with Crippen molar-refractivity contribution in [3.63, 3.8) is 0 Å². The van der Waals surface area contributed by atoms with Crippen molar-refractivity contribution in [1.82, 2.24) is 0 Å². The van der Waals surface area contributed by atoms with Crippen LogP contribution in [0.5, 0.6) is 5.75 Å². The highest BCUT2D eigenvalue weighted by Gasteiger charge is 2.24. The van der Waals surface area contributed by atoms with Gasteiger partial charge in [-0.05, 0) is 42.0 Å². The second-order valence-corrected chi connectivity index (χ2v) is 4.80. The van der Waals surface area contributed by atoms with Crippen LogP contribution in [-0.4, -0.2) is 19.0 Å². The number of carbonyl (C=O) groups is 1. The predicted octanol–water partition coefficient (Wildman–Crippen LogP) is 2.91. The maximum Gasteiger partial charge on any atom is 0.363 e. The first kappa shape index (κ1) is 14.5. The SMILES string of the molecule is COc1cccc(C2=N/C(=C/c3ccc(C#N)cc3)C(=O)O2)c1. The minimum atomic E-state index is -0.507. The van der Waals surface area contributed by atoms with Gasteiger partial charge in [-0.2, -0.15) is 5.26 Å². The minimum Gasteiger partial charge on any atom is -0.497 e. The Kier molecular flexibility index (Phi) is 3.89. The van der Waals surface area contributed by atoms with Crippen molar-refractivity contribution in [2.24, 2.45) is 4.99 Å². The molecule has 0 radical (unpaired) electrons. The summed E-state index contributed by atoms with van der Waals surface area (Å²) in [4.78, 5) is 16.2. The fourth-order valence-electron chi connectivity index (χ4n) is 2.10. The van der Waals surface area contributed by atoms with E-state index in [0.717, 1.165) is 5.56 Å². The summed E-state index contributed by atoms with van der Waals surface area (Å²) in [6.07, 6.45) is 1.62. The molecule has 0 saturated carbocycles. The lowest BCUT2D eigenvalue weighted by Crippen LogP contribution is -2.05. The van der Waals surface area contributed by atoms with Gasteiger partial charge in [0, 0.05) is 5.56 Å². The number of rotatable bonds is 3. The summed E-state index contributed by atoms with van der Waals surface area (Å²) in [7, 11) is 1.57. The number of esters is 1. The number of benzene rings is 2. The third kappa shape index (κ3) is 3.11. The van der Waals surface area contributed by atoms with Gasteiger partial charge < -0.3 is 9.47 Å². The van der Waals surface area contributed by atoms with E-state index in [4.69, 9.17) is 14.7 Å². The van der Waals surface area contributed by atoms with Crippen molar-refractivity contribution < 1.29 is 14.3 Å². The lowest BCUT2D eigenvalue weighted by Gasteiger charge is -2.02. The Morgan fingerprint density at radius 3 is 2.70 bits per heavy atom. The van der Waals surface area contributed by atoms with E-state index in [-0.39, 0.29) is 11.6 Å². The molecule has 2 aromatic carbocycles. The van der Waals surface area contributed by atoms with E-state index in [1.165, 1.54) is 0 Å². The molecular weight excluding hydrogens is 292 g/mol. The van der Waals surface area contributed by atoms with Gasteiger partial charge in [0.2, 0.25) is 5.90 Å². The van der Waals surface area contributed by atoms with E-state index in [0.29, 0.717) is 16.9 Å². The highest BCUT2D eigenvalue weighted by atomic mass is 16.6. The predicted molar refractivity (Wildman–Crippen MR) is 84.8 cm³/mol. The minimum absolute atomic E-state index is 0.215. The number of nitrogens with zero attached hydrogens (tertiary/aromatic N) is 2. The number of aliphatic imine (C=N–C) groups is 1. The van der Waals surface area contributed by atoms with Crippen LogP contribution in [0.25, 0.3) is 6.08 Å². The van der Waals surface area contributed by atoms with Gasteiger partial charge in [-0.3, -0.25) is 0 Å². The summed E-state index contributed by atoms with van der Waals surface area (Å²) in [5.41, 5.74) is 2.21. The molecule has 0 spiro atoms. The van der Waals surface area contributed by atoms with Gasteiger partial charge in [-0.15, -0.1) is 0 Å². The number of methoxy groups -OCH3 is 1. The van der Waals surface area contributed by atoms with Crippen LogP contribution in [0, 0.1) is 11.3 Å². The Morgan fingerprint density at radius 1 is 1.22 bits per heavy atom. The number of hydrogen-bond donors (Lipinski definition) is 0. The zero-order valence-electron chi connectivity index (χ0n) is 12.3. The second-order valence-electron chi connectivity index (χ2n) is 4.80. The number of cyclic esters (lactones) is 1. The molecule has 0 N–H and O–H groups in total. The van der Waals surface area contributed by atoms with E-state index in [2.05, 4.69) is 4.99 Å². The van der Waals surface area contributed by atoms with Crippen molar-refractivity contribution in [2.45, 2.75) is 0 Å². The number of nitriles is 1. The molecule has 0 bridgehead atoms. The van der Waals surface area contributed by atoms with Crippen LogP contribution in [0.3, 0.4) is 0 Å². The summed E-state index contributed by atoms with van der Waals surface area (Å²) < 4.78 is 10.4. The fourth-order valence-corrected chi connectivity index (χ4v) is 2.10. The van der Waals surface area contributed by atoms with Crippen LogP contribution in [0.2, 0.25) is 0 Å². The lowest BCUT2D eigenvalue weighted by molar-refractivity contribution is -0.129. The van der Waals surface area contributed by atoms with Crippen LogP contribution >= 0.6 is 0 Å². The molecular formula is C18H12N2O3. The monoisotopic (exact) mass is 304 g/mol. The summed E-state index contributed by atoms with van der Waals surface area (Å²) >= 11 is 0. The molecule has 2 aromatic rings. The fraction of sp³-hybridized carbons (Fsp3) is 0.0556. The van der Waals surface area contributed by atoms with Crippen molar-refractivity contribution in [2.75, 3.05) is 7.11 Å². The molecule has 0 unspecified atom stereocenters. The van der Waals surface area contributed by atoms with Crippen molar-refractivity contribution in [3.05, 3.63) is 70.9 Å². The van der Waals surface area contributed by atoms with Crippen molar-refractivity contribution in [1.29, 1.82) is 5.26 Å². The van der Waals surface area contributed by atoms with Gasteiger partial charge in [0.25, 0.3) is 0 Å². The maximum absolute atomic E-state index is 12.0. The average molecular weight is 304 g/mol. The molecule has 23 heavy (non-hydrogen) atoms. The van der Waals surface area contributed by atoms with Gasteiger partial charge in [0.15, 0.2) is 5.70 Å². The van der Waals surface area contributed by atoms with Crippen LogP contribution in [0.4, 0.5) is 0 Å². The number of carbonyl (C=O) groups excluding carboxylic acids is 1. The van der Waals surface area contributed by atoms with E-state index in [1.807, 2.05) is 6.07 Å². The van der Waals surface area contributed by atoms with E-state index in [9.17, 15) is 4.79 Å². The Bertz CT molecular complexity index is 859. The van der Waals surface area contributed by atoms with Crippen LogP contribution in [-0.2, 0) is 9.53 Å². The number of ether oxygens (including phenoxy) is 2. The highest BCUT2D eigenvalue weighted by molar-refractivity contribution is 6.12. The largest absolute Gasteiger partial charge is 0.497 e. The molecule has 3 rings (SSSR count). The summed E-state index contributed by atoms with van der Waals surface area (Å²) in [6, 6.07) is 16.0. The van der Waals surface area contributed by atoms with Gasteiger partial charge in [-0.25, -0.2) is 9.79 Å². The van der Waals surface area contributed by atoms with Gasteiger partial charge in [0.05, 0.1) is 18.7 Å². The zero-order chi connectivity index (χ0) is 16.2. The summed E-state index contributed by atoms with van der Waals surface area (Å²) in [5.74, 6) is 0.395. The molecule has 0 aliphatic carbocycles. The molecule has 1 aliphatic rings. The Morgan fingerprint density at radius 2 is 2.00 bits per heavy atom. The van der Waals surface area contributed by atoms with Gasteiger partial charge in [-0.1, -0.05) is 18.2 Å². The average Bonchev–Trinajstić information content (AvgIpc) is 2.96. The molecule has 5 heteroatoms. The molecule has 1 aliphatic heterocycles. The molecule has 0 atom stereocenters. The first-order chi connectivity index (χ1) is 11.2. The highest BCUT2D eigenvalue weighted by Crippen LogP contribution is 2.21. The van der Waals surface area contributed by atoms with Crippen LogP contribution in [0.15, 0.2) is 59.2 Å².